The molecule has 1 aliphatic rings. The van der Waals surface area contributed by atoms with Crippen molar-refractivity contribution >= 4 is 35.8 Å². The van der Waals surface area contributed by atoms with Crippen molar-refractivity contribution < 1.29 is 4.79 Å². The Balaban J connectivity index is 0.00000176. The number of imidazole rings is 1. The molecule has 0 spiro atoms. The molecule has 0 bridgehead atoms. The van der Waals surface area contributed by atoms with E-state index in [0.29, 0.717) is 0 Å². The van der Waals surface area contributed by atoms with Crippen LogP contribution in [0.4, 0.5) is 5.69 Å². The van der Waals surface area contributed by atoms with Gasteiger partial charge in [-0.1, -0.05) is 12.1 Å². The molecule has 7 heteroatoms. The number of benzene rings is 1. The predicted octanol–water partition coefficient (Wildman–Crippen LogP) is 2.54. The van der Waals surface area contributed by atoms with E-state index in [9.17, 15) is 4.79 Å². The minimum atomic E-state index is 0. The number of rotatable bonds is 4. The van der Waals surface area contributed by atoms with Crippen molar-refractivity contribution in [1.82, 2.24) is 14.9 Å². The summed E-state index contributed by atoms with van der Waals surface area (Å²) in [7, 11) is 1.96. The van der Waals surface area contributed by atoms with E-state index in [2.05, 4.69) is 15.6 Å². The van der Waals surface area contributed by atoms with Gasteiger partial charge in [0.05, 0.1) is 11.6 Å². The van der Waals surface area contributed by atoms with Gasteiger partial charge >= 0.3 is 0 Å². The molecule has 1 aromatic heterocycles. The van der Waals surface area contributed by atoms with E-state index in [1.165, 1.54) is 0 Å². The molecular formula is C15H19ClN4OS. The summed E-state index contributed by atoms with van der Waals surface area (Å²) in [6.07, 6.45) is 4.59. The number of aryl methyl sites for hydroxylation is 1. The molecule has 0 radical (unpaired) electrons. The van der Waals surface area contributed by atoms with Gasteiger partial charge in [0.25, 0.3) is 0 Å². The molecule has 1 aliphatic heterocycles. The number of amides is 1. The van der Waals surface area contributed by atoms with Crippen LogP contribution in [0.5, 0.6) is 0 Å². The van der Waals surface area contributed by atoms with Crippen LogP contribution in [-0.2, 0) is 11.8 Å². The van der Waals surface area contributed by atoms with Crippen LogP contribution < -0.4 is 10.6 Å². The van der Waals surface area contributed by atoms with Crippen LogP contribution in [0.25, 0.3) is 0 Å². The first-order chi connectivity index (χ1) is 10.2. The van der Waals surface area contributed by atoms with Gasteiger partial charge in [0.1, 0.15) is 0 Å². The van der Waals surface area contributed by atoms with Gasteiger partial charge in [0, 0.05) is 30.9 Å². The number of aromatic nitrogens is 2. The minimum Gasteiger partial charge on any atom is -0.329 e. The maximum Gasteiger partial charge on any atom is 0.228 e. The molecule has 1 atom stereocenters. The number of hydrogen-bond acceptors (Lipinski definition) is 4. The molecule has 1 unspecified atom stereocenters. The van der Waals surface area contributed by atoms with Crippen molar-refractivity contribution in [3.63, 3.8) is 0 Å². The summed E-state index contributed by atoms with van der Waals surface area (Å²) in [5, 5.41) is 7.17. The number of para-hydroxylation sites is 1. The van der Waals surface area contributed by atoms with Gasteiger partial charge in [-0.25, -0.2) is 4.98 Å². The highest BCUT2D eigenvalue weighted by molar-refractivity contribution is 7.99. The second-order valence-corrected chi connectivity index (χ2v) is 6.11. The van der Waals surface area contributed by atoms with Crippen LogP contribution in [0.3, 0.4) is 0 Å². The van der Waals surface area contributed by atoms with Crippen molar-refractivity contribution in [3.05, 3.63) is 36.7 Å². The standard InChI is InChI=1S/C15H18N4OS.ClH/c1-19-9-8-17-15(19)21-13-5-3-2-4-12(13)18-14(20)11-6-7-16-10-11;/h2-5,8-9,11,16H,6-7,10H2,1H3,(H,18,20);1H. The molecule has 1 aromatic carbocycles. The lowest BCUT2D eigenvalue weighted by molar-refractivity contribution is -0.119. The van der Waals surface area contributed by atoms with Crippen molar-refractivity contribution in [2.45, 2.75) is 16.5 Å². The van der Waals surface area contributed by atoms with E-state index in [4.69, 9.17) is 0 Å². The maximum absolute atomic E-state index is 12.3. The first kappa shape index (κ1) is 16.9. The number of nitrogens with one attached hydrogen (secondary N) is 2. The molecule has 22 heavy (non-hydrogen) atoms. The molecular weight excluding hydrogens is 320 g/mol. The van der Waals surface area contributed by atoms with Crippen molar-refractivity contribution in [2.75, 3.05) is 18.4 Å². The fourth-order valence-electron chi connectivity index (χ4n) is 2.32. The van der Waals surface area contributed by atoms with Gasteiger partial charge in [-0.2, -0.15) is 0 Å². The molecule has 3 rings (SSSR count). The van der Waals surface area contributed by atoms with Crippen LogP contribution >= 0.6 is 24.2 Å². The first-order valence-electron chi connectivity index (χ1n) is 7.00. The third kappa shape index (κ3) is 3.82. The van der Waals surface area contributed by atoms with Gasteiger partial charge in [0.2, 0.25) is 5.91 Å². The Labute approximate surface area is 140 Å². The van der Waals surface area contributed by atoms with Crippen molar-refractivity contribution in [2.24, 2.45) is 13.0 Å². The third-order valence-electron chi connectivity index (χ3n) is 3.55. The number of hydrogen-bond donors (Lipinski definition) is 2. The van der Waals surface area contributed by atoms with E-state index in [1.807, 2.05) is 42.1 Å². The summed E-state index contributed by atoms with van der Waals surface area (Å²) in [6, 6.07) is 7.84. The second kappa shape index (κ2) is 7.67. The summed E-state index contributed by atoms with van der Waals surface area (Å²) in [6.45, 7) is 1.68. The topological polar surface area (TPSA) is 59.0 Å². The van der Waals surface area contributed by atoms with E-state index >= 15 is 0 Å². The quantitative estimate of drug-likeness (QED) is 0.899. The molecule has 0 aliphatic carbocycles. The molecule has 0 saturated carbocycles. The Morgan fingerprint density at radius 2 is 2.27 bits per heavy atom. The Kier molecular flexibility index (Phi) is 5.88. The SMILES string of the molecule is Cl.Cn1ccnc1Sc1ccccc1NC(=O)C1CCNC1. The normalized spacial score (nSPS) is 17.0. The summed E-state index contributed by atoms with van der Waals surface area (Å²) >= 11 is 1.55. The minimum absolute atomic E-state index is 0. The van der Waals surface area contributed by atoms with Gasteiger partial charge < -0.3 is 15.2 Å². The van der Waals surface area contributed by atoms with Gasteiger partial charge in [-0.15, -0.1) is 12.4 Å². The van der Waals surface area contributed by atoms with E-state index in [-0.39, 0.29) is 24.2 Å². The van der Waals surface area contributed by atoms with Crippen LogP contribution in [-0.4, -0.2) is 28.5 Å². The molecule has 1 saturated heterocycles. The number of carbonyl (C=O) groups is 1. The highest BCUT2D eigenvalue weighted by atomic mass is 35.5. The number of carbonyl (C=O) groups excluding carboxylic acids is 1. The largest absolute Gasteiger partial charge is 0.329 e. The number of nitrogens with zero attached hydrogens (tertiary/aromatic N) is 2. The van der Waals surface area contributed by atoms with E-state index in [1.54, 1.807) is 18.0 Å². The predicted molar refractivity (Wildman–Crippen MR) is 90.6 cm³/mol. The van der Waals surface area contributed by atoms with Gasteiger partial charge in [-0.3, -0.25) is 4.79 Å². The van der Waals surface area contributed by atoms with Crippen molar-refractivity contribution in [1.29, 1.82) is 0 Å². The van der Waals surface area contributed by atoms with Crippen LogP contribution in [0.15, 0.2) is 46.7 Å². The smallest absolute Gasteiger partial charge is 0.228 e. The van der Waals surface area contributed by atoms with E-state index < -0.39 is 0 Å². The van der Waals surface area contributed by atoms with E-state index in [0.717, 1.165) is 35.2 Å². The summed E-state index contributed by atoms with van der Waals surface area (Å²) in [5.41, 5.74) is 0.849. The van der Waals surface area contributed by atoms with Crippen LogP contribution in [0.1, 0.15) is 6.42 Å². The highest BCUT2D eigenvalue weighted by Gasteiger charge is 2.23. The van der Waals surface area contributed by atoms with Gasteiger partial charge in [-0.05, 0) is 36.9 Å². The molecule has 5 nitrogen and oxygen atoms in total. The molecule has 118 valence electrons. The zero-order valence-electron chi connectivity index (χ0n) is 12.3. The lowest BCUT2D eigenvalue weighted by Crippen LogP contribution is -2.24. The van der Waals surface area contributed by atoms with Crippen molar-refractivity contribution in [3.8, 4) is 0 Å². The zero-order chi connectivity index (χ0) is 14.7. The Morgan fingerprint density at radius 3 is 2.95 bits per heavy atom. The molecule has 1 fully saturated rings. The van der Waals surface area contributed by atoms with Crippen LogP contribution in [0.2, 0.25) is 0 Å². The summed E-state index contributed by atoms with van der Waals surface area (Å²) < 4.78 is 1.96. The Morgan fingerprint density at radius 1 is 1.45 bits per heavy atom. The maximum atomic E-state index is 12.3. The molecule has 1 amide bonds. The lowest BCUT2D eigenvalue weighted by Gasteiger charge is -2.13. The average molecular weight is 339 g/mol. The second-order valence-electron chi connectivity index (χ2n) is 5.10. The monoisotopic (exact) mass is 338 g/mol. The summed E-state index contributed by atoms with van der Waals surface area (Å²) in [5.74, 6) is 0.157. The Bertz CT molecular complexity index is 640. The third-order valence-corrected chi connectivity index (χ3v) is 4.71. The Hall–Kier alpha value is -1.50. The molecule has 2 aromatic rings. The molecule has 2 N–H and O–H groups in total. The molecule has 2 heterocycles. The highest BCUT2D eigenvalue weighted by Crippen LogP contribution is 2.32. The zero-order valence-corrected chi connectivity index (χ0v) is 13.9. The van der Waals surface area contributed by atoms with Crippen LogP contribution in [0, 0.1) is 5.92 Å². The summed E-state index contributed by atoms with van der Waals surface area (Å²) in [4.78, 5) is 17.6. The first-order valence-corrected chi connectivity index (χ1v) is 7.81. The fraction of sp³-hybridized carbons (Fsp3) is 0.333. The lowest BCUT2D eigenvalue weighted by atomic mass is 10.1. The average Bonchev–Trinajstić information content (AvgIpc) is 3.13. The van der Waals surface area contributed by atoms with Gasteiger partial charge in [0.15, 0.2) is 5.16 Å². The number of halogens is 1. The number of anilines is 1. The fourth-order valence-corrected chi connectivity index (χ4v) is 3.21.